The first-order valence-electron chi connectivity index (χ1n) is 9.66. The van der Waals surface area contributed by atoms with Crippen LogP contribution in [-0.4, -0.2) is 40.4 Å². The van der Waals surface area contributed by atoms with Gasteiger partial charge in [0.25, 0.3) is 0 Å². The Labute approximate surface area is 199 Å². The molecule has 31 heavy (non-hydrogen) atoms. The molecule has 0 aliphatic rings. The zero-order valence-electron chi connectivity index (χ0n) is 18.2. The van der Waals surface area contributed by atoms with E-state index >= 15 is 0 Å². The van der Waals surface area contributed by atoms with Crippen LogP contribution in [0.15, 0.2) is 41.4 Å². The Balaban J connectivity index is 0.00000480. The molecule has 2 rings (SSSR count). The van der Waals surface area contributed by atoms with E-state index in [1.807, 2.05) is 31.2 Å². The maximum absolute atomic E-state index is 12.6. The molecule has 2 N–H and O–H groups in total. The molecule has 0 unspecified atom stereocenters. The van der Waals surface area contributed by atoms with Gasteiger partial charge < -0.3 is 24.8 Å². The Bertz CT molecular complexity index is 851. The minimum Gasteiger partial charge on any atom is -0.493 e. The van der Waals surface area contributed by atoms with Crippen molar-refractivity contribution < 1.29 is 23.0 Å². The third-order valence-corrected chi connectivity index (χ3v) is 4.48. The zero-order chi connectivity index (χ0) is 21.9. The molecule has 0 amide bonds. The van der Waals surface area contributed by atoms with Crippen molar-refractivity contribution in [3.05, 3.63) is 53.1 Å². The summed E-state index contributed by atoms with van der Waals surface area (Å²) < 4.78 is 40.4. The van der Waals surface area contributed by atoms with E-state index in [1.54, 1.807) is 33.4 Å². The Hall–Kier alpha value is -2.30. The van der Waals surface area contributed by atoms with Gasteiger partial charge in [0.2, 0.25) is 0 Å². The third-order valence-electron chi connectivity index (χ3n) is 4.48. The van der Waals surface area contributed by atoms with Crippen molar-refractivity contribution in [1.82, 2.24) is 10.6 Å². The van der Waals surface area contributed by atoms with Crippen molar-refractivity contribution in [2.24, 2.45) is 4.99 Å². The lowest BCUT2D eigenvalue weighted by Gasteiger charge is -2.15. The van der Waals surface area contributed by atoms with Gasteiger partial charge in [-0.25, -0.2) is 0 Å². The Morgan fingerprint density at radius 3 is 2.35 bits per heavy atom. The van der Waals surface area contributed by atoms with Crippen molar-refractivity contribution in [1.29, 1.82) is 0 Å². The van der Waals surface area contributed by atoms with Crippen LogP contribution in [0.2, 0.25) is 0 Å². The van der Waals surface area contributed by atoms with Crippen LogP contribution < -0.4 is 24.8 Å². The molecule has 0 aromatic heterocycles. The highest BCUT2D eigenvalue weighted by Gasteiger charge is 2.10. The summed E-state index contributed by atoms with van der Waals surface area (Å²) in [6.07, 6.45) is 1.73. The van der Waals surface area contributed by atoms with Crippen LogP contribution in [0.3, 0.4) is 0 Å². The van der Waals surface area contributed by atoms with Gasteiger partial charge in [0.1, 0.15) is 5.75 Å². The van der Waals surface area contributed by atoms with E-state index in [0.29, 0.717) is 36.1 Å². The van der Waals surface area contributed by atoms with Gasteiger partial charge in [-0.15, -0.1) is 24.0 Å². The fraction of sp³-hybridized carbons (Fsp3) is 0.409. The van der Waals surface area contributed by atoms with Crippen molar-refractivity contribution in [2.75, 3.05) is 27.8 Å². The van der Waals surface area contributed by atoms with E-state index in [2.05, 4.69) is 20.4 Å². The Morgan fingerprint density at radius 2 is 1.71 bits per heavy atom. The minimum atomic E-state index is -2.86. The fourth-order valence-corrected chi connectivity index (χ4v) is 2.99. The van der Waals surface area contributed by atoms with Crippen molar-refractivity contribution >= 4 is 29.9 Å². The summed E-state index contributed by atoms with van der Waals surface area (Å²) in [4.78, 5) is 4.18. The van der Waals surface area contributed by atoms with E-state index < -0.39 is 6.61 Å². The number of hydrogen-bond acceptors (Lipinski definition) is 4. The van der Waals surface area contributed by atoms with Crippen LogP contribution in [0.4, 0.5) is 8.78 Å². The van der Waals surface area contributed by atoms with Gasteiger partial charge in [0.05, 0.1) is 14.2 Å². The van der Waals surface area contributed by atoms with Crippen LogP contribution in [0.5, 0.6) is 17.2 Å². The normalized spacial score (nSPS) is 11.0. The number of ether oxygens (including phenoxy) is 3. The van der Waals surface area contributed by atoms with Gasteiger partial charge in [0.15, 0.2) is 17.5 Å². The third kappa shape index (κ3) is 8.76. The number of alkyl halides is 2. The lowest BCUT2D eigenvalue weighted by Crippen LogP contribution is -2.37. The molecule has 0 aliphatic carbocycles. The molecule has 172 valence electrons. The van der Waals surface area contributed by atoms with E-state index in [4.69, 9.17) is 9.47 Å². The van der Waals surface area contributed by atoms with Crippen molar-refractivity contribution in [3.63, 3.8) is 0 Å². The standard InChI is InChI=1S/C22H29F2N3O3.HI/c1-15-7-9-18(30-21(23)24)17(12-15)14-27-22(25-2)26-11-5-6-16-8-10-19(28-3)20(13-16)29-4;/h7-10,12-13,21H,5-6,11,14H2,1-4H3,(H2,25,26,27);1H. The second-order valence-electron chi connectivity index (χ2n) is 6.64. The molecule has 9 heteroatoms. The summed E-state index contributed by atoms with van der Waals surface area (Å²) in [7, 11) is 4.89. The molecular formula is C22H30F2IN3O3. The smallest absolute Gasteiger partial charge is 0.387 e. The van der Waals surface area contributed by atoms with E-state index in [0.717, 1.165) is 24.0 Å². The molecule has 0 saturated heterocycles. The second kappa shape index (κ2) is 13.9. The highest BCUT2D eigenvalue weighted by atomic mass is 127. The fourth-order valence-electron chi connectivity index (χ4n) is 2.99. The number of nitrogens with one attached hydrogen (secondary N) is 2. The van der Waals surface area contributed by atoms with Crippen LogP contribution >= 0.6 is 24.0 Å². The molecule has 0 heterocycles. The number of methoxy groups -OCH3 is 2. The second-order valence-corrected chi connectivity index (χ2v) is 6.64. The Kier molecular flexibility index (Phi) is 12.0. The van der Waals surface area contributed by atoms with E-state index in [1.165, 1.54) is 0 Å². The summed E-state index contributed by atoms with van der Waals surface area (Å²) in [6.45, 7) is 0.0542. The largest absolute Gasteiger partial charge is 0.493 e. The molecule has 0 aliphatic heterocycles. The van der Waals surface area contributed by atoms with Crippen molar-refractivity contribution in [2.45, 2.75) is 32.9 Å². The van der Waals surface area contributed by atoms with Gasteiger partial charge in [-0.1, -0.05) is 23.8 Å². The summed E-state index contributed by atoms with van der Waals surface area (Å²) in [6, 6.07) is 11.0. The number of benzene rings is 2. The topological polar surface area (TPSA) is 64.1 Å². The number of rotatable bonds is 10. The summed E-state index contributed by atoms with van der Waals surface area (Å²) in [5.41, 5.74) is 2.75. The zero-order valence-corrected chi connectivity index (χ0v) is 20.5. The number of hydrogen-bond donors (Lipinski definition) is 2. The van der Waals surface area contributed by atoms with Crippen molar-refractivity contribution in [3.8, 4) is 17.2 Å². The first-order chi connectivity index (χ1) is 14.5. The van der Waals surface area contributed by atoms with Gasteiger partial charge in [-0.05, 0) is 43.5 Å². The number of guanidine groups is 1. The highest BCUT2D eigenvalue weighted by Crippen LogP contribution is 2.28. The number of aliphatic imine (C=N–C) groups is 1. The molecule has 2 aromatic carbocycles. The molecule has 6 nitrogen and oxygen atoms in total. The molecule has 0 fully saturated rings. The van der Waals surface area contributed by atoms with Crippen LogP contribution in [0.1, 0.15) is 23.1 Å². The monoisotopic (exact) mass is 549 g/mol. The predicted molar refractivity (Wildman–Crippen MR) is 129 cm³/mol. The van der Waals surface area contributed by atoms with Gasteiger partial charge in [-0.2, -0.15) is 8.78 Å². The average molecular weight is 549 g/mol. The first-order valence-corrected chi connectivity index (χ1v) is 9.66. The number of aryl methyl sites for hydroxylation is 2. The van der Waals surface area contributed by atoms with Crippen LogP contribution in [-0.2, 0) is 13.0 Å². The van der Waals surface area contributed by atoms with E-state index in [9.17, 15) is 8.78 Å². The number of halogens is 3. The van der Waals surface area contributed by atoms with Gasteiger partial charge in [-0.3, -0.25) is 4.99 Å². The highest BCUT2D eigenvalue weighted by molar-refractivity contribution is 14.0. The molecular weight excluding hydrogens is 519 g/mol. The quantitative estimate of drug-likeness (QED) is 0.198. The predicted octanol–water partition coefficient (Wildman–Crippen LogP) is 4.53. The van der Waals surface area contributed by atoms with Gasteiger partial charge in [0, 0.05) is 25.7 Å². The summed E-state index contributed by atoms with van der Waals surface area (Å²) in [5, 5.41) is 6.37. The van der Waals surface area contributed by atoms with E-state index in [-0.39, 0.29) is 29.7 Å². The van der Waals surface area contributed by atoms with Crippen LogP contribution in [0.25, 0.3) is 0 Å². The molecule has 0 saturated carbocycles. The Morgan fingerprint density at radius 1 is 1.00 bits per heavy atom. The summed E-state index contributed by atoms with van der Waals surface area (Å²) >= 11 is 0. The maximum Gasteiger partial charge on any atom is 0.387 e. The molecule has 2 aromatic rings. The number of nitrogens with zero attached hydrogens (tertiary/aromatic N) is 1. The lowest BCUT2D eigenvalue weighted by molar-refractivity contribution is -0.0504. The van der Waals surface area contributed by atoms with Gasteiger partial charge >= 0.3 is 6.61 Å². The SMILES string of the molecule is CN=C(NCCCc1ccc(OC)c(OC)c1)NCc1cc(C)ccc1OC(F)F.I. The summed E-state index contributed by atoms with van der Waals surface area (Å²) in [5.74, 6) is 2.16. The first kappa shape index (κ1) is 26.7. The molecule has 0 spiro atoms. The van der Waals surface area contributed by atoms with Crippen LogP contribution in [0, 0.1) is 6.92 Å². The molecule has 0 bridgehead atoms. The maximum atomic E-state index is 12.6. The molecule has 0 radical (unpaired) electrons. The lowest BCUT2D eigenvalue weighted by atomic mass is 10.1. The average Bonchev–Trinajstić information content (AvgIpc) is 2.74. The minimum absolute atomic E-state index is 0. The molecule has 0 atom stereocenters.